The quantitative estimate of drug-likeness (QED) is 0.840. The van der Waals surface area contributed by atoms with Crippen LogP contribution in [0.25, 0.3) is 0 Å². The predicted molar refractivity (Wildman–Crippen MR) is 70.1 cm³/mol. The van der Waals surface area contributed by atoms with E-state index < -0.39 is 19.9 Å². The summed E-state index contributed by atoms with van der Waals surface area (Å²) in [5.74, 6) is -0.0877. The van der Waals surface area contributed by atoms with Gasteiger partial charge in [0.15, 0.2) is 9.84 Å². The van der Waals surface area contributed by atoms with Crippen molar-refractivity contribution in [2.24, 2.45) is 0 Å². The van der Waals surface area contributed by atoms with E-state index >= 15 is 0 Å². The maximum absolute atomic E-state index is 11.8. The standard InChI is InChI=1S/C10H17N3O4S2/c1-3-19(16,17)13-5-4-8(7-13)10-9(6-11-12-10)18(2,14)15/h6,8H,3-5,7H2,1-2H3,(H,11,12)/t8-/m1/s1. The summed E-state index contributed by atoms with van der Waals surface area (Å²) in [4.78, 5) is 0.160. The Morgan fingerprint density at radius 1 is 1.42 bits per heavy atom. The van der Waals surface area contributed by atoms with Gasteiger partial charge in [0.25, 0.3) is 0 Å². The average Bonchev–Trinajstić information content (AvgIpc) is 2.96. The van der Waals surface area contributed by atoms with Gasteiger partial charge < -0.3 is 0 Å². The molecule has 9 heteroatoms. The SMILES string of the molecule is CCS(=O)(=O)N1CC[C@@H](c2[nH]ncc2S(C)(=O)=O)C1. The zero-order valence-corrected chi connectivity index (χ0v) is 12.5. The van der Waals surface area contributed by atoms with Crippen LogP contribution >= 0.6 is 0 Å². The van der Waals surface area contributed by atoms with Gasteiger partial charge in [-0.1, -0.05) is 0 Å². The summed E-state index contributed by atoms with van der Waals surface area (Å²) < 4.78 is 48.2. The van der Waals surface area contributed by atoms with E-state index in [1.807, 2.05) is 0 Å². The molecule has 2 rings (SSSR count). The lowest BCUT2D eigenvalue weighted by Gasteiger charge is -2.15. The van der Waals surface area contributed by atoms with Gasteiger partial charge >= 0.3 is 0 Å². The number of aromatic nitrogens is 2. The topological polar surface area (TPSA) is 100 Å². The normalized spacial score (nSPS) is 21.9. The van der Waals surface area contributed by atoms with Crippen LogP contribution in [0.15, 0.2) is 11.1 Å². The van der Waals surface area contributed by atoms with Gasteiger partial charge in [0.1, 0.15) is 4.90 Å². The van der Waals surface area contributed by atoms with Crippen molar-refractivity contribution in [3.8, 4) is 0 Å². The van der Waals surface area contributed by atoms with Crippen molar-refractivity contribution in [1.29, 1.82) is 0 Å². The van der Waals surface area contributed by atoms with Crippen LogP contribution in [0.2, 0.25) is 0 Å². The van der Waals surface area contributed by atoms with Gasteiger partial charge in [-0.2, -0.15) is 5.10 Å². The molecule has 1 aromatic heterocycles. The summed E-state index contributed by atoms with van der Waals surface area (Å²) in [6.07, 6.45) is 3.00. The van der Waals surface area contributed by atoms with Crippen molar-refractivity contribution >= 4 is 19.9 Å². The molecule has 1 aliphatic rings. The molecule has 108 valence electrons. The van der Waals surface area contributed by atoms with Crippen LogP contribution in [-0.2, 0) is 19.9 Å². The van der Waals surface area contributed by atoms with Crippen LogP contribution in [0.4, 0.5) is 0 Å². The molecule has 2 heterocycles. The molecule has 1 aromatic rings. The molecule has 1 atom stereocenters. The second-order valence-electron chi connectivity index (χ2n) is 4.66. The first-order valence-electron chi connectivity index (χ1n) is 5.97. The van der Waals surface area contributed by atoms with Gasteiger partial charge in [0, 0.05) is 25.3 Å². The summed E-state index contributed by atoms with van der Waals surface area (Å²) in [5.41, 5.74) is 0.510. The number of aromatic amines is 1. The molecular weight excluding hydrogens is 290 g/mol. The van der Waals surface area contributed by atoms with E-state index in [9.17, 15) is 16.8 Å². The molecule has 1 saturated heterocycles. The van der Waals surface area contributed by atoms with Crippen molar-refractivity contribution in [3.63, 3.8) is 0 Å². The third-order valence-electron chi connectivity index (χ3n) is 3.35. The molecule has 0 aromatic carbocycles. The highest BCUT2D eigenvalue weighted by Gasteiger charge is 2.34. The number of hydrogen-bond donors (Lipinski definition) is 1. The van der Waals surface area contributed by atoms with Crippen LogP contribution in [0.3, 0.4) is 0 Å². The molecule has 1 aliphatic heterocycles. The average molecular weight is 307 g/mol. The first-order chi connectivity index (χ1) is 8.75. The molecule has 1 fully saturated rings. The van der Waals surface area contributed by atoms with Crippen LogP contribution in [0.1, 0.15) is 25.0 Å². The van der Waals surface area contributed by atoms with Gasteiger partial charge in [-0.05, 0) is 13.3 Å². The molecule has 0 aliphatic carbocycles. The Kier molecular flexibility index (Phi) is 3.72. The fraction of sp³-hybridized carbons (Fsp3) is 0.700. The van der Waals surface area contributed by atoms with Crippen molar-refractivity contribution in [1.82, 2.24) is 14.5 Å². The zero-order valence-electron chi connectivity index (χ0n) is 10.8. The lowest BCUT2D eigenvalue weighted by atomic mass is 10.1. The van der Waals surface area contributed by atoms with E-state index in [-0.39, 0.29) is 16.6 Å². The van der Waals surface area contributed by atoms with E-state index in [0.717, 1.165) is 6.26 Å². The predicted octanol–water partition coefficient (Wildman–Crippen LogP) is -0.0478. The van der Waals surface area contributed by atoms with Crippen LogP contribution < -0.4 is 0 Å². The minimum absolute atomic E-state index is 0.0572. The third-order valence-corrected chi connectivity index (χ3v) is 6.32. The minimum Gasteiger partial charge on any atom is -0.281 e. The number of H-pyrrole nitrogens is 1. The molecular formula is C10H17N3O4S2. The van der Waals surface area contributed by atoms with Crippen LogP contribution in [0.5, 0.6) is 0 Å². The maximum atomic E-state index is 11.8. The fourth-order valence-electron chi connectivity index (χ4n) is 2.27. The van der Waals surface area contributed by atoms with Gasteiger partial charge in [0.2, 0.25) is 10.0 Å². The van der Waals surface area contributed by atoms with Gasteiger partial charge in [-0.25, -0.2) is 21.1 Å². The smallest absolute Gasteiger partial charge is 0.213 e. The Balaban J connectivity index is 2.26. The van der Waals surface area contributed by atoms with E-state index in [4.69, 9.17) is 0 Å². The Morgan fingerprint density at radius 2 is 2.11 bits per heavy atom. The molecule has 0 saturated carbocycles. The van der Waals surface area contributed by atoms with Gasteiger partial charge in [0.05, 0.1) is 17.6 Å². The molecule has 19 heavy (non-hydrogen) atoms. The number of nitrogens with one attached hydrogen (secondary N) is 1. The number of sulfonamides is 1. The fourth-order valence-corrected chi connectivity index (χ4v) is 4.28. The highest BCUT2D eigenvalue weighted by molar-refractivity contribution is 7.90. The summed E-state index contributed by atoms with van der Waals surface area (Å²) in [5, 5.41) is 6.46. The Morgan fingerprint density at radius 3 is 2.68 bits per heavy atom. The van der Waals surface area contributed by atoms with E-state index in [0.29, 0.717) is 25.2 Å². The maximum Gasteiger partial charge on any atom is 0.213 e. The van der Waals surface area contributed by atoms with Crippen LogP contribution in [-0.4, -0.2) is 56.4 Å². The third kappa shape index (κ3) is 2.82. The second kappa shape index (κ2) is 4.88. The highest BCUT2D eigenvalue weighted by atomic mass is 32.2. The zero-order chi connectivity index (χ0) is 14.3. The first kappa shape index (κ1) is 14.5. The van der Waals surface area contributed by atoms with E-state index in [1.165, 1.54) is 10.5 Å². The Hall–Kier alpha value is -0.930. The van der Waals surface area contributed by atoms with Crippen molar-refractivity contribution < 1.29 is 16.8 Å². The molecule has 0 amide bonds. The molecule has 0 radical (unpaired) electrons. The van der Waals surface area contributed by atoms with Crippen LogP contribution in [0, 0.1) is 0 Å². The molecule has 0 unspecified atom stereocenters. The van der Waals surface area contributed by atoms with Crippen molar-refractivity contribution in [2.75, 3.05) is 25.1 Å². The minimum atomic E-state index is -3.35. The molecule has 7 nitrogen and oxygen atoms in total. The first-order valence-corrected chi connectivity index (χ1v) is 9.47. The largest absolute Gasteiger partial charge is 0.281 e. The number of rotatable bonds is 4. The molecule has 0 bridgehead atoms. The van der Waals surface area contributed by atoms with E-state index in [1.54, 1.807) is 6.92 Å². The summed E-state index contributed by atoms with van der Waals surface area (Å²) >= 11 is 0. The molecule has 1 N–H and O–H groups in total. The lowest BCUT2D eigenvalue weighted by molar-refractivity contribution is 0.472. The second-order valence-corrected chi connectivity index (χ2v) is 8.91. The summed E-state index contributed by atoms with van der Waals surface area (Å²) in [7, 11) is -6.57. The number of nitrogens with zero attached hydrogens (tertiary/aromatic N) is 2. The summed E-state index contributed by atoms with van der Waals surface area (Å²) in [6.45, 7) is 2.32. The number of hydrogen-bond acceptors (Lipinski definition) is 5. The highest BCUT2D eigenvalue weighted by Crippen LogP contribution is 2.31. The molecule has 0 spiro atoms. The lowest BCUT2D eigenvalue weighted by Crippen LogP contribution is -2.30. The van der Waals surface area contributed by atoms with Gasteiger partial charge in [-0.3, -0.25) is 5.10 Å². The van der Waals surface area contributed by atoms with Crippen molar-refractivity contribution in [3.05, 3.63) is 11.9 Å². The Labute approximate surface area is 113 Å². The van der Waals surface area contributed by atoms with E-state index in [2.05, 4.69) is 10.2 Å². The Bertz CT molecular complexity index is 663. The van der Waals surface area contributed by atoms with Crippen molar-refractivity contribution in [2.45, 2.75) is 24.2 Å². The summed E-state index contributed by atoms with van der Waals surface area (Å²) in [6, 6.07) is 0. The monoisotopic (exact) mass is 307 g/mol. The number of sulfone groups is 1. The van der Waals surface area contributed by atoms with Gasteiger partial charge in [-0.15, -0.1) is 0 Å².